The molecule has 66 valence electrons. The van der Waals surface area contributed by atoms with E-state index in [9.17, 15) is 0 Å². The normalized spacial score (nSPS) is 31.1. The molecule has 0 aliphatic carbocycles. The van der Waals surface area contributed by atoms with E-state index in [4.69, 9.17) is 0 Å². The van der Waals surface area contributed by atoms with Gasteiger partial charge >= 0.3 is 0 Å². The van der Waals surface area contributed by atoms with Gasteiger partial charge in [0.15, 0.2) is 0 Å². The van der Waals surface area contributed by atoms with Crippen LogP contribution in [-0.4, -0.2) is 25.7 Å². The summed E-state index contributed by atoms with van der Waals surface area (Å²) in [6, 6.07) is 0.772. The van der Waals surface area contributed by atoms with Gasteiger partial charge in [-0.2, -0.15) is 0 Å². The zero-order chi connectivity index (χ0) is 8.10. The van der Waals surface area contributed by atoms with Gasteiger partial charge in [0.1, 0.15) is 0 Å². The highest BCUT2D eigenvalue weighted by Gasteiger charge is 2.23. The lowest BCUT2D eigenvalue weighted by molar-refractivity contribution is 0.414. The van der Waals surface area contributed by atoms with Crippen LogP contribution in [0.25, 0.3) is 0 Å². The Hall–Kier alpha value is -0.0800. The Morgan fingerprint density at radius 1 is 1.45 bits per heavy atom. The quantitative estimate of drug-likeness (QED) is 0.634. The van der Waals surface area contributed by atoms with Crippen LogP contribution in [0.2, 0.25) is 0 Å². The molecule has 0 saturated carbocycles. The van der Waals surface area contributed by atoms with Crippen LogP contribution in [0.3, 0.4) is 0 Å². The summed E-state index contributed by atoms with van der Waals surface area (Å²) in [5, 5.41) is 6.94. The Bertz CT molecular complexity index is 104. The van der Waals surface area contributed by atoms with Gasteiger partial charge < -0.3 is 10.6 Å². The van der Waals surface area contributed by atoms with Crippen LogP contribution in [0.15, 0.2) is 0 Å². The highest BCUT2D eigenvalue weighted by molar-refractivity contribution is 4.83. The van der Waals surface area contributed by atoms with Crippen molar-refractivity contribution < 1.29 is 0 Å². The average Bonchev–Trinajstić information content (AvgIpc) is 2.47. The summed E-state index contributed by atoms with van der Waals surface area (Å²) in [5.41, 5.74) is 0. The second kappa shape index (κ2) is 4.73. The molecular formula is C9H20N2. The first-order chi connectivity index (χ1) is 5.38. The van der Waals surface area contributed by atoms with Crippen LogP contribution in [0.4, 0.5) is 0 Å². The van der Waals surface area contributed by atoms with E-state index in [2.05, 4.69) is 24.5 Å². The fourth-order valence-electron chi connectivity index (χ4n) is 1.87. The van der Waals surface area contributed by atoms with Crippen LogP contribution < -0.4 is 10.6 Å². The minimum atomic E-state index is 0.772. The third-order valence-corrected chi connectivity index (χ3v) is 2.59. The van der Waals surface area contributed by atoms with Gasteiger partial charge in [-0.3, -0.25) is 0 Å². The smallest absolute Gasteiger partial charge is 0.0105 e. The summed E-state index contributed by atoms with van der Waals surface area (Å²) in [7, 11) is 0. The number of nitrogens with one attached hydrogen (secondary N) is 2. The SMILES string of the molecule is CCNCC1CCNC1CC. The third-order valence-electron chi connectivity index (χ3n) is 2.59. The maximum absolute atomic E-state index is 3.53. The summed E-state index contributed by atoms with van der Waals surface area (Å²) in [5.74, 6) is 0.875. The van der Waals surface area contributed by atoms with E-state index in [0.717, 1.165) is 18.5 Å². The monoisotopic (exact) mass is 156 g/mol. The van der Waals surface area contributed by atoms with Crippen molar-refractivity contribution in [1.82, 2.24) is 10.6 Å². The average molecular weight is 156 g/mol. The van der Waals surface area contributed by atoms with Crippen molar-refractivity contribution in [3.8, 4) is 0 Å². The van der Waals surface area contributed by atoms with E-state index < -0.39 is 0 Å². The molecule has 2 unspecified atom stereocenters. The summed E-state index contributed by atoms with van der Waals surface area (Å²) >= 11 is 0. The topological polar surface area (TPSA) is 24.1 Å². The largest absolute Gasteiger partial charge is 0.317 e. The maximum Gasteiger partial charge on any atom is 0.0105 e. The minimum absolute atomic E-state index is 0.772. The summed E-state index contributed by atoms with van der Waals surface area (Å²) < 4.78 is 0. The molecule has 0 aromatic carbocycles. The van der Waals surface area contributed by atoms with Gasteiger partial charge in [0.05, 0.1) is 0 Å². The Morgan fingerprint density at radius 3 is 2.91 bits per heavy atom. The molecule has 2 N–H and O–H groups in total. The Kier molecular flexibility index (Phi) is 3.87. The molecule has 0 radical (unpaired) electrons. The standard InChI is InChI=1S/C9H20N2/c1-3-9-8(5-6-11-9)7-10-4-2/h8-11H,3-7H2,1-2H3. The molecule has 0 aromatic heterocycles. The second-order valence-corrected chi connectivity index (χ2v) is 3.33. The molecule has 1 fully saturated rings. The van der Waals surface area contributed by atoms with Crippen LogP contribution in [-0.2, 0) is 0 Å². The van der Waals surface area contributed by atoms with Crippen molar-refractivity contribution in [2.75, 3.05) is 19.6 Å². The molecule has 0 amide bonds. The number of hydrogen-bond donors (Lipinski definition) is 2. The number of rotatable bonds is 4. The van der Waals surface area contributed by atoms with E-state index in [1.54, 1.807) is 0 Å². The molecule has 11 heavy (non-hydrogen) atoms. The summed E-state index contributed by atoms with van der Waals surface area (Å²) in [4.78, 5) is 0. The van der Waals surface area contributed by atoms with Gasteiger partial charge in [0.25, 0.3) is 0 Å². The Morgan fingerprint density at radius 2 is 2.27 bits per heavy atom. The molecule has 0 aromatic rings. The lowest BCUT2D eigenvalue weighted by Crippen LogP contribution is -2.32. The van der Waals surface area contributed by atoms with Gasteiger partial charge in [-0.25, -0.2) is 0 Å². The van der Waals surface area contributed by atoms with Crippen LogP contribution in [0.5, 0.6) is 0 Å². The number of hydrogen-bond acceptors (Lipinski definition) is 2. The third kappa shape index (κ3) is 2.46. The Balaban J connectivity index is 2.20. The first-order valence-electron chi connectivity index (χ1n) is 4.82. The molecule has 1 heterocycles. The fourth-order valence-corrected chi connectivity index (χ4v) is 1.87. The lowest BCUT2D eigenvalue weighted by Gasteiger charge is -2.17. The molecule has 2 heteroatoms. The predicted octanol–water partition coefficient (Wildman–Crippen LogP) is 0.984. The van der Waals surface area contributed by atoms with Crippen LogP contribution in [0.1, 0.15) is 26.7 Å². The van der Waals surface area contributed by atoms with E-state index >= 15 is 0 Å². The van der Waals surface area contributed by atoms with Gasteiger partial charge in [-0.15, -0.1) is 0 Å². The van der Waals surface area contributed by atoms with Gasteiger partial charge in [0, 0.05) is 6.04 Å². The van der Waals surface area contributed by atoms with Gasteiger partial charge in [-0.05, 0) is 38.4 Å². The van der Waals surface area contributed by atoms with E-state index in [0.29, 0.717) is 0 Å². The van der Waals surface area contributed by atoms with E-state index in [1.165, 1.54) is 25.9 Å². The van der Waals surface area contributed by atoms with Crippen molar-refractivity contribution in [1.29, 1.82) is 0 Å². The molecule has 2 atom stereocenters. The van der Waals surface area contributed by atoms with Crippen LogP contribution >= 0.6 is 0 Å². The van der Waals surface area contributed by atoms with Crippen molar-refractivity contribution in [3.63, 3.8) is 0 Å². The summed E-state index contributed by atoms with van der Waals surface area (Å²) in [6.45, 7) is 7.95. The van der Waals surface area contributed by atoms with E-state index in [1.807, 2.05) is 0 Å². The van der Waals surface area contributed by atoms with Crippen molar-refractivity contribution in [2.24, 2.45) is 5.92 Å². The van der Waals surface area contributed by atoms with Gasteiger partial charge in [0.2, 0.25) is 0 Å². The van der Waals surface area contributed by atoms with Crippen molar-refractivity contribution >= 4 is 0 Å². The zero-order valence-corrected chi connectivity index (χ0v) is 7.69. The molecule has 1 aliphatic rings. The minimum Gasteiger partial charge on any atom is -0.317 e. The molecular weight excluding hydrogens is 136 g/mol. The first kappa shape index (κ1) is 9.01. The first-order valence-corrected chi connectivity index (χ1v) is 4.82. The van der Waals surface area contributed by atoms with Crippen molar-refractivity contribution in [3.05, 3.63) is 0 Å². The maximum atomic E-state index is 3.53. The summed E-state index contributed by atoms with van der Waals surface area (Å²) in [6.07, 6.45) is 2.63. The van der Waals surface area contributed by atoms with E-state index in [-0.39, 0.29) is 0 Å². The predicted molar refractivity (Wildman–Crippen MR) is 48.7 cm³/mol. The van der Waals surface area contributed by atoms with Crippen LogP contribution in [0, 0.1) is 5.92 Å². The lowest BCUT2D eigenvalue weighted by atomic mass is 9.99. The second-order valence-electron chi connectivity index (χ2n) is 3.33. The molecule has 1 saturated heterocycles. The highest BCUT2D eigenvalue weighted by atomic mass is 15.0. The van der Waals surface area contributed by atoms with Gasteiger partial charge in [-0.1, -0.05) is 13.8 Å². The van der Waals surface area contributed by atoms with Crippen molar-refractivity contribution in [2.45, 2.75) is 32.7 Å². The molecule has 1 aliphatic heterocycles. The molecule has 0 spiro atoms. The highest BCUT2D eigenvalue weighted by Crippen LogP contribution is 2.16. The molecule has 0 bridgehead atoms. The fraction of sp³-hybridized carbons (Fsp3) is 1.00. The molecule has 1 rings (SSSR count). The zero-order valence-electron chi connectivity index (χ0n) is 7.69. The molecule has 2 nitrogen and oxygen atoms in total. The Labute approximate surface area is 69.8 Å².